The molecule has 5 heteroatoms. The van der Waals surface area contributed by atoms with Gasteiger partial charge in [-0.05, 0) is 31.0 Å². The molecule has 0 heterocycles. The van der Waals surface area contributed by atoms with Crippen LogP contribution in [-0.2, 0) is 4.79 Å². The number of halogens is 2. The zero-order valence-electron chi connectivity index (χ0n) is 9.54. The number of hydrogen-bond donors (Lipinski definition) is 2. The van der Waals surface area contributed by atoms with E-state index in [1.807, 2.05) is 13.0 Å². The second kappa shape index (κ2) is 6.84. The van der Waals surface area contributed by atoms with Gasteiger partial charge in [0.05, 0.1) is 16.1 Å². The number of hydrogen-bond acceptors (Lipinski definition) is 2. The molecule has 0 bridgehead atoms. The summed E-state index contributed by atoms with van der Waals surface area (Å²) in [6.07, 6.45) is 0.794. The highest BCUT2D eigenvalue weighted by Gasteiger charge is 2.10. The molecule has 0 spiro atoms. The van der Waals surface area contributed by atoms with Crippen molar-refractivity contribution in [3.8, 4) is 0 Å². The lowest BCUT2D eigenvalue weighted by Crippen LogP contribution is -2.26. The molecule has 1 rings (SSSR count). The molecule has 3 nitrogen and oxygen atoms in total. The van der Waals surface area contributed by atoms with Crippen molar-refractivity contribution < 1.29 is 9.90 Å². The lowest BCUT2D eigenvalue weighted by Gasteiger charge is -2.14. The van der Waals surface area contributed by atoms with Crippen LogP contribution in [-0.4, -0.2) is 17.6 Å². The molecule has 1 amide bonds. The Balaban J connectivity index is 2.60. The summed E-state index contributed by atoms with van der Waals surface area (Å²) >= 11 is 11.7. The quantitative estimate of drug-likeness (QED) is 0.868. The van der Waals surface area contributed by atoms with E-state index in [-0.39, 0.29) is 18.6 Å². The maximum atomic E-state index is 11.5. The number of nitrogens with one attached hydrogen (secondary N) is 1. The maximum absolute atomic E-state index is 11.5. The predicted octanol–water partition coefficient (Wildman–Crippen LogP) is 2.94. The minimum Gasteiger partial charge on any atom is -0.396 e. The minimum atomic E-state index is -0.129. The van der Waals surface area contributed by atoms with Crippen molar-refractivity contribution in [1.82, 2.24) is 5.32 Å². The van der Waals surface area contributed by atoms with E-state index in [2.05, 4.69) is 5.32 Å². The van der Waals surface area contributed by atoms with Gasteiger partial charge in [-0.25, -0.2) is 0 Å². The Morgan fingerprint density at radius 2 is 2.12 bits per heavy atom. The number of aliphatic hydroxyl groups is 1. The van der Waals surface area contributed by atoms with Gasteiger partial charge < -0.3 is 10.4 Å². The fourth-order valence-electron chi connectivity index (χ4n) is 1.42. The number of benzene rings is 1. The molecule has 0 aliphatic carbocycles. The van der Waals surface area contributed by atoms with E-state index in [9.17, 15) is 4.79 Å². The van der Waals surface area contributed by atoms with Gasteiger partial charge in [0, 0.05) is 13.0 Å². The first-order valence-electron chi connectivity index (χ1n) is 5.39. The zero-order valence-corrected chi connectivity index (χ0v) is 11.1. The molecule has 0 radical (unpaired) electrons. The first-order chi connectivity index (χ1) is 8.04. The minimum absolute atomic E-state index is 0.0224. The van der Waals surface area contributed by atoms with Crippen LogP contribution in [0, 0.1) is 0 Å². The number of amides is 1. The number of carbonyl (C=O) groups is 1. The van der Waals surface area contributed by atoms with E-state index >= 15 is 0 Å². The Morgan fingerprint density at radius 1 is 1.41 bits per heavy atom. The lowest BCUT2D eigenvalue weighted by molar-refractivity contribution is -0.122. The van der Waals surface area contributed by atoms with E-state index in [0.29, 0.717) is 22.9 Å². The Bertz CT molecular complexity index is 396. The van der Waals surface area contributed by atoms with Gasteiger partial charge in [-0.1, -0.05) is 29.3 Å². The Labute approximate surface area is 111 Å². The van der Waals surface area contributed by atoms with Crippen LogP contribution >= 0.6 is 23.2 Å². The fourth-order valence-corrected chi connectivity index (χ4v) is 1.72. The molecule has 0 aromatic heterocycles. The summed E-state index contributed by atoms with van der Waals surface area (Å²) in [6, 6.07) is 5.14. The summed E-state index contributed by atoms with van der Waals surface area (Å²) in [6.45, 7) is 1.89. The van der Waals surface area contributed by atoms with Crippen LogP contribution in [0.1, 0.15) is 31.4 Å². The molecule has 1 aromatic carbocycles. The van der Waals surface area contributed by atoms with Crippen molar-refractivity contribution in [3.05, 3.63) is 33.8 Å². The van der Waals surface area contributed by atoms with Gasteiger partial charge >= 0.3 is 0 Å². The summed E-state index contributed by atoms with van der Waals surface area (Å²) in [5, 5.41) is 12.4. The molecule has 0 saturated heterocycles. The van der Waals surface area contributed by atoms with Crippen molar-refractivity contribution in [2.45, 2.75) is 25.8 Å². The number of aliphatic hydroxyl groups excluding tert-OH is 1. The van der Waals surface area contributed by atoms with Crippen LogP contribution < -0.4 is 5.32 Å². The molecule has 2 N–H and O–H groups in total. The molecule has 0 saturated carbocycles. The fraction of sp³-hybridized carbons (Fsp3) is 0.417. The average molecular weight is 276 g/mol. The molecule has 1 aromatic rings. The molecule has 0 fully saturated rings. The SMILES string of the molecule is CC(NC(=O)CCCO)c1ccc(Cl)c(Cl)c1. The Hall–Kier alpha value is -0.770. The summed E-state index contributed by atoms with van der Waals surface area (Å²) in [5.41, 5.74) is 0.900. The highest BCUT2D eigenvalue weighted by atomic mass is 35.5. The molecule has 1 atom stereocenters. The van der Waals surface area contributed by atoms with Crippen LogP contribution in [0.5, 0.6) is 0 Å². The third-order valence-electron chi connectivity index (χ3n) is 2.38. The van der Waals surface area contributed by atoms with Crippen LogP contribution in [0.3, 0.4) is 0 Å². The molecular weight excluding hydrogens is 261 g/mol. The maximum Gasteiger partial charge on any atom is 0.220 e. The van der Waals surface area contributed by atoms with Gasteiger partial charge in [-0.2, -0.15) is 0 Å². The molecule has 0 aliphatic heterocycles. The van der Waals surface area contributed by atoms with E-state index in [0.717, 1.165) is 5.56 Å². The Kier molecular flexibility index (Phi) is 5.75. The monoisotopic (exact) mass is 275 g/mol. The van der Waals surface area contributed by atoms with Crippen molar-refractivity contribution in [2.75, 3.05) is 6.61 Å². The van der Waals surface area contributed by atoms with Crippen LogP contribution in [0.2, 0.25) is 10.0 Å². The second-order valence-electron chi connectivity index (χ2n) is 3.79. The first-order valence-corrected chi connectivity index (χ1v) is 6.15. The van der Waals surface area contributed by atoms with Gasteiger partial charge in [0.25, 0.3) is 0 Å². The molecule has 17 heavy (non-hydrogen) atoms. The van der Waals surface area contributed by atoms with Crippen molar-refractivity contribution in [3.63, 3.8) is 0 Å². The van der Waals surface area contributed by atoms with E-state index in [1.165, 1.54) is 0 Å². The van der Waals surface area contributed by atoms with Gasteiger partial charge in [0.1, 0.15) is 0 Å². The van der Waals surface area contributed by atoms with Crippen LogP contribution in [0.15, 0.2) is 18.2 Å². The van der Waals surface area contributed by atoms with Crippen molar-refractivity contribution in [1.29, 1.82) is 0 Å². The van der Waals surface area contributed by atoms with E-state index in [4.69, 9.17) is 28.3 Å². The number of carbonyl (C=O) groups excluding carboxylic acids is 1. The van der Waals surface area contributed by atoms with E-state index < -0.39 is 0 Å². The highest BCUT2D eigenvalue weighted by molar-refractivity contribution is 6.42. The smallest absolute Gasteiger partial charge is 0.220 e. The molecule has 0 aliphatic rings. The van der Waals surface area contributed by atoms with Crippen molar-refractivity contribution in [2.24, 2.45) is 0 Å². The van der Waals surface area contributed by atoms with Crippen LogP contribution in [0.4, 0.5) is 0 Å². The average Bonchev–Trinajstić information content (AvgIpc) is 2.30. The van der Waals surface area contributed by atoms with Crippen molar-refractivity contribution >= 4 is 29.1 Å². The Morgan fingerprint density at radius 3 is 2.71 bits per heavy atom. The summed E-state index contributed by atoms with van der Waals surface area (Å²) < 4.78 is 0. The van der Waals surface area contributed by atoms with Crippen LogP contribution in [0.25, 0.3) is 0 Å². The summed E-state index contributed by atoms with van der Waals surface area (Å²) in [5.74, 6) is -0.0855. The van der Waals surface area contributed by atoms with E-state index in [1.54, 1.807) is 12.1 Å². The number of rotatable bonds is 5. The third-order valence-corrected chi connectivity index (χ3v) is 3.12. The van der Waals surface area contributed by atoms with Gasteiger partial charge in [0.15, 0.2) is 0 Å². The molecule has 1 unspecified atom stereocenters. The first kappa shape index (κ1) is 14.3. The topological polar surface area (TPSA) is 49.3 Å². The lowest BCUT2D eigenvalue weighted by atomic mass is 10.1. The van der Waals surface area contributed by atoms with Gasteiger partial charge in [-0.3, -0.25) is 4.79 Å². The molecule has 94 valence electrons. The third kappa shape index (κ3) is 4.54. The normalized spacial score (nSPS) is 12.2. The summed E-state index contributed by atoms with van der Waals surface area (Å²) in [4.78, 5) is 11.5. The summed E-state index contributed by atoms with van der Waals surface area (Å²) in [7, 11) is 0. The zero-order chi connectivity index (χ0) is 12.8. The second-order valence-corrected chi connectivity index (χ2v) is 4.60. The highest BCUT2D eigenvalue weighted by Crippen LogP contribution is 2.25. The van der Waals surface area contributed by atoms with Gasteiger partial charge in [0.2, 0.25) is 5.91 Å². The molecular formula is C12H15Cl2NO2. The van der Waals surface area contributed by atoms with Gasteiger partial charge in [-0.15, -0.1) is 0 Å². The largest absolute Gasteiger partial charge is 0.396 e. The standard InChI is InChI=1S/C12H15Cl2NO2/c1-8(15-12(17)3-2-6-16)9-4-5-10(13)11(14)7-9/h4-5,7-8,16H,2-3,6H2,1H3,(H,15,17). The predicted molar refractivity (Wildman–Crippen MR) is 69.3 cm³/mol.